The maximum absolute atomic E-state index is 2.45. The summed E-state index contributed by atoms with van der Waals surface area (Å²) in [6.07, 6.45) is 0. The molecule has 0 radical (unpaired) electrons. The fourth-order valence-corrected chi connectivity index (χ4v) is 9.29. The summed E-state index contributed by atoms with van der Waals surface area (Å²) in [6, 6.07) is 56.4. The molecule has 49 heavy (non-hydrogen) atoms. The zero-order valence-corrected chi connectivity index (χ0v) is 28.6. The highest BCUT2D eigenvalue weighted by Crippen LogP contribution is 2.51. The van der Waals surface area contributed by atoms with Gasteiger partial charge in [0, 0.05) is 59.1 Å². The average molecular weight is 647 g/mol. The summed E-state index contributed by atoms with van der Waals surface area (Å²) in [5.41, 5.74) is 13.6. The van der Waals surface area contributed by atoms with Crippen LogP contribution in [0.4, 0.5) is 17.1 Å². The third-order valence-electron chi connectivity index (χ3n) is 10.7. The van der Waals surface area contributed by atoms with Crippen molar-refractivity contribution in [1.82, 2.24) is 4.57 Å². The van der Waals surface area contributed by atoms with Crippen molar-refractivity contribution < 1.29 is 0 Å². The van der Waals surface area contributed by atoms with Crippen molar-refractivity contribution in [1.29, 1.82) is 0 Å². The molecule has 0 unspecified atom stereocenters. The van der Waals surface area contributed by atoms with Gasteiger partial charge in [-0.05, 0) is 95.9 Å². The summed E-state index contributed by atoms with van der Waals surface area (Å²) in [4.78, 5) is 2.43. The standard InChI is InChI=1S/C46H34N2S/c1-29-16-18-30(19-17-29)47(32-20-23-35-34-10-4-7-13-40(34)46(2,3)41(35)27-32)33-21-24-37-36-11-5-8-14-42(36)48(43(37)28-33)31-22-25-45-39(26-31)38-12-6-9-15-44(38)49-45/h4-28H,1-3H3. The Morgan fingerprint density at radius 2 is 1.14 bits per heavy atom. The zero-order chi connectivity index (χ0) is 32.9. The molecule has 0 N–H and O–H groups in total. The van der Waals surface area contributed by atoms with Gasteiger partial charge < -0.3 is 9.47 Å². The number of fused-ring (bicyclic) bond motifs is 9. The maximum Gasteiger partial charge on any atom is 0.0561 e. The van der Waals surface area contributed by atoms with Crippen LogP contribution in [0.2, 0.25) is 0 Å². The first-order valence-corrected chi connectivity index (χ1v) is 17.8. The molecule has 234 valence electrons. The molecule has 0 amide bonds. The Morgan fingerprint density at radius 3 is 2.02 bits per heavy atom. The molecule has 3 heteroatoms. The lowest BCUT2D eigenvalue weighted by atomic mass is 9.82. The number of rotatable bonds is 4. The molecule has 7 aromatic carbocycles. The highest BCUT2D eigenvalue weighted by molar-refractivity contribution is 7.25. The van der Waals surface area contributed by atoms with Gasteiger partial charge in [-0.2, -0.15) is 0 Å². The van der Waals surface area contributed by atoms with E-state index in [-0.39, 0.29) is 5.41 Å². The lowest BCUT2D eigenvalue weighted by Crippen LogP contribution is -2.16. The largest absolute Gasteiger partial charge is 0.310 e. The van der Waals surface area contributed by atoms with E-state index in [4.69, 9.17) is 0 Å². The Balaban J connectivity index is 1.21. The van der Waals surface area contributed by atoms with Gasteiger partial charge in [-0.25, -0.2) is 0 Å². The molecule has 1 aliphatic carbocycles. The number of aromatic nitrogens is 1. The number of hydrogen-bond acceptors (Lipinski definition) is 2. The molecule has 0 saturated heterocycles. The van der Waals surface area contributed by atoms with Gasteiger partial charge in [-0.15, -0.1) is 11.3 Å². The van der Waals surface area contributed by atoms with Crippen LogP contribution in [0.1, 0.15) is 30.5 Å². The van der Waals surface area contributed by atoms with Gasteiger partial charge in [0.2, 0.25) is 0 Å². The second-order valence-electron chi connectivity index (χ2n) is 13.9. The number of para-hydroxylation sites is 1. The van der Waals surface area contributed by atoms with Crippen molar-refractivity contribution in [3.05, 3.63) is 168 Å². The van der Waals surface area contributed by atoms with Crippen molar-refractivity contribution in [2.45, 2.75) is 26.2 Å². The second kappa shape index (κ2) is 10.4. The van der Waals surface area contributed by atoms with Crippen LogP contribution in [0.25, 0.3) is 58.8 Å². The van der Waals surface area contributed by atoms with Crippen molar-refractivity contribution in [3.63, 3.8) is 0 Å². The van der Waals surface area contributed by atoms with E-state index in [1.165, 1.54) is 75.5 Å². The first-order chi connectivity index (χ1) is 24.0. The first kappa shape index (κ1) is 28.4. The summed E-state index contributed by atoms with van der Waals surface area (Å²) >= 11 is 1.87. The van der Waals surface area contributed by atoms with Crippen LogP contribution in [-0.2, 0) is 5.41 Å². The quantitative estimate of drug-likeness (QED) is 0.185. The third kappa shape index (κ3) is 4.19. The van der Waals surface area contributed by atoms with Gasteiger partial charge in [-0.3, -0.25) is 0 Å². The highest BCUT2D eigenvalue weighted by atomic mass is 32.1. The van der Waals surface area contributed by atoms with Crippen LogP contribution in [0, 0.1) is 6.92 Å². The third-order valence-corrected chi connectivity index (χ3v) is 11.8. The zero-order valence-electron chi connectivity index (χ0n) is 27.7. The molecular weight excluding hydrogens is 613 g/mol. The monoisotopic (exact) mass is 646 g/mol. The van der Waals surface area contributed by atoms with Gasteiger partial charge in [0.15, 0.2) is 0 Å². The number of nitrogens with zero attached hydrogens (tertiary/aromatic N) is 2. The van der Waals surface area contributed by atoms with Crippen LogP contribution < -0.4 is 4.90 Å². The van der Waals surface area contributed by atoms with E-state index < -0.39 is 0 Å². The van der Waals surface area contributed by atoms with Crippen molar-refractivity contribution in [2.75, 3.05) is 4.90 Å². The molecule has 9 aromatic rings. The number of benzene rings is 7. The van der Waals surface area contributed by atoms with E-state index in [9.17, 15) is 0 Å². The Hall–Kier alpha value is -5.64. The summed E-state index contributed by atoms with van der Waals surface area (Å²) in [6.45, 7) is 6.87. The van der Waals surface area contributed by atoms with Crippen LogP contribution in [0.15, 0.2) is 152 Å². The van der Waals surface area contributed by atoms with Crippen molar-refractivity contribution >= 4 is 70.4 Å². The summed E-state index contributed by atoms with van der Waals surface area (Å²) < 4.78 is 5.10. The molecule has 0 atom stereocenters. The molecule has 0 bridgehead atoms. The molecule has 0 fully saturated rings. The topological polar surface area (TPSA) is 8.17 Å². The number of hydrogen-bond donors (Lipinski definition) is 0. The lowest BCUT2D eigenvalue weighted by molar-refractivity contribution is 0.660. The van der Waals surface area contributed by atoms with Crippen molar-refractivity contribution in [3.8, 4) is 16.8 Å². The van der Waals surface area contributed by atoms with Crippen LogP contribution >= 0.6 is 11.3 Å². The molecule has 2 aromatic heterocycles. The Labute approximate surface area is 290 Å². The Kier molecular flexibility index (Phi) is 6.04. The van der Waals surface area contributed by atoms with E-state index in [2.05, 4.69) is 182 Å². The fraction of sp³-hybridized carbons (Fsp3) is 0.0870. The van der Waals surface area contributed by atoms with E-state index in [0.717, 1.165) is 17.1 Å². The van der Waals surface area contributed by atoms with Crippen LogP contribution in [0.3, 0.4) is 0 Å². The fourth-order valence-electron chi connectivity index (χ4n) is 8.20. The Morgan fingerprint density at radius 1 is 0.490 bits per heavy atom. The number of anilines is 3. The normalized spacial score (nSPS) is 13.4. The van der Waals surface area contributed by atoms with E-state index in [1.807, 2.05) is 11.3 Å². The second-order valence-corrected chi connectivity index (χ2v) is 15.0. The van der Waals surface area contributed by atoms with Gasteiger partial charge in [0.05, 0.1) is 11.0 Å². The smallest absolute Gasteiger partial charge is 0.0561 e. The minimum Gasteiger partial charge on any atom is -0.310 e. The lowest BCUT2D eigenvalue weighted by Gasteiger charge is -2.28. The van der Waals surface area contributed by atoms with Crippen LogP contribution in [0.5, 0.6) is 0 Å². The number of thiophene rings is 1. The summed E-state index contributed by atoms with van der Waals surface area (Å²) in [5, 5.41) is 5.14. The minimum atomic E-state index is -0.0816. The van der Waals surface area contributed by atoms with Gasteiger partial charge in [-0.1, -0.05) is 104 Å². The average Bonchev–Trinajstić information content (AvgIpc) is 3.74. The van der Waals surface area contributed by atoms with Crippen molar-refractivity contribution in [2.24, 2.45) is 0 Å². The summed E-state index contributed by atoms with van der Waals surface area (Å²) in [5.74, 6) is 0. The molecule has 0 saturated carbocycles. The van der Waals surface area contributed by atoms with E-state index in [1.54, 1.807) is 0 Å². The molecule has 0 aliphatic heterocycles. The van der Waals surface area contributed by atoms with E-state index in [0.29, 0.717) is 0 Å². The minimum absolute atomic E-state index is 0.0816. The molecule has 2 nitrogen and oxygen atoms in total. The first-order valence-electron chi connectivity index (χ1n) is 17.0. The summed E-state index contributed by atoms with van der Waals surface area (Å²) in [7, 11) is 0. The number of aryl methyl sites for hydroxylation is 1. The highest BCUT2D eigenvalue weighted by Gasteiger charge is 2.35. The van der Waals surface area contributed by atoms with Crippen LogP contribution in [-0.4, -0.2) is 4.57 Å². The SMILES string of the molecule is Cc1ccc(N(c2ccc3c(c2)C(C)(C)c2ccccc2-3)c2ccc3c4ccccc4n(-c4ccc5sc6ccccc6c5c4)c3c2)cc1. The Bertz CT molecular complexity index is 2760. The van der Waals surface area contributed by atoms with Gasteiger partial charge in [0.25, 0.3) is 0 Å². The molecule has 2 heterocycles. The predicted octanol–water partition coefficient (Wildman–Crippen LogP) is 13.2. The molecule has 10 rings (SSSR count). The van der Waals surface area contributed by atoms with Gasteiger partial charge >= 0.3 is 0 Å². The molecule has 1 aliphatic rings. The van der Waals surface area contributed by atoms with E-state index >= 15 is 0 Å². The molecule has 0 spiro atoms. The predicted molar refractivity (Wildman–Crippen MR) is 211 cm³/mol. The molecular formula is C46H34N2S. The van der Waals surface area contributed by atoms with Gasteiger partial charge in [0.1, 0.15) is 0 Å². The maximum atomic E-state index is 2.45.